The minimum atomic E-state index is -0.319. The lowest BCUT2D eigenvalue weighted by Gasteiger charge is -2.27. The van der Waals surface area contributed by atoms with E-state index in [1.54, 1.807) is 12.1 Å². The average Bonchev–Trinajstić information content (AvgIpc) is 3.41. The molecule has 2 aliphatic rings. The molecule has 1 amide bonds. The number of halogens is 1. The smallest absolute Gasteiger partial charge is 0.234 e. The number of nitrogens with zero attached hydrogens (tertiary/aromatic N) is 4. The summed E-state index contributed by atoms with van der Waals surface area (Å²) in [6.07, 6.45) is 5.96. The van der Waals surface area contributed by atoms with Crippen molar-refractivity contribution in [3.8, 4) is 0 Å². The molecule has 2 fully saturated rings. The van der Waals surface area contributed by atoms with Crippen LogP contribution in [0.1, 0.15) is 38.1 Å². The Balaban J connectivity index is 1.40. The van der Waals surface area contributed by atoms with Crippen molar-refractivity contribution in [1.29, 1.82) is 0 Å². The maximum atomic E-state index is 12.9. The molecule has 0 atom stereocenters. The molecule has 0 unspecified atom stereocenters. The molecule has 1 saturated heterocycles. The van der Waals surface area contributed by atoms with Gasteiger partial charge in [-0.15, -0.1) is 10.2 Å². The van der Waals surface area contributed by atoms with E-state index in [1.165, 1.54) is 43.2 Å². The normalized spacial score (nSPS) is 17.3. The number of anilines is 2. The number of thioether (sulfide) groups is 1. The third kappa shape index (κ3) is 4.00. The van der Waals surface area contributed by atoms with Gasteiger partial charge in [0.05, 0.1) is 5.75 Å². The number of carbonyl (C=O) groups is 1. The van der Waals surface area contributed by atoms with Crippen LogP contribution in [0.5, 0.6) is 0 Å². The lowest BCUT2D eigenvalue weighted by atomic mass is 10.1. The molecule has 1 N–H and O–H groups in total. The fourth-order valence-corrected chi connectivity index (χ4v) is 3.99. The molecule has 138 valence electrons. The molecule has 1 aliphatic heterocycles. The van der Waals surface area contributed by atoms with E-state index in [4.69, 9.17) is 0 Å². The molecule has 8 heteroatoms. The number of aromatic nitrogens is 3. The maximum absolute atomic E-state index is 12.9. The van der Waals surface area contributed by atoms with Gasteiger partial charge in [-0.2, -0.15) is 0 Å². The van der Waals surface area contributed by atoms with Gasteiger partial charge >= 0.3 is 0 Å². The van der Waals surface area contributed by atoms with Crippen molar-refractivity contribution in [3.05, 3.63) is 30.1 Å². The highest BCUT2D eigenvalue weighted by Crippen LogP contribution is 2.41. The topological polar surface area (TPSA) is 63.1 Å². The van der Waals surface area contributed by atoms with Gasteiger partial charge in [0.25, 0.3) is 0 Å². The van der Waals surface area contributed by atoms with Gasteiger partial charge in [0.2, 0.25) is 11.9 Å². The molecular formula is C18H22FN5OS. The van der Waals surface area contributed by atoms with Crippen LogP contribution >= 0.6 is 11.8 Å². The van der Waals surface area contributed by atoms with Crippen LogP contribution in [0, 0.1) is 5.82 Å². The van der Waals surface area contributed by atoms with Gasteiger partial charge in [-0.1, -0.05) is 11.8 Å². The molecule has 0 radical (unpaired) electrons. The molecule has 1 saturated carbocycles. The van der Waals surface area contributed by atoms with Crippen LogP contribution in [0.2, 0.25) is 0 Å². The zero-order valence-corrected chi connectivity index (χ0v) is 15.3. The summed E-state index contributed by atoms with van der Waals surface area (Å²) in [6, 6.07) is 6.23. The van der Waals surface area contributed by atoms with E-state index >= 15 is 0 Å². The maximum Gasteiger partial charge on any atom is 0.234 e. The van der Waals surface area contributed by atoms with Crippen molar-refractivity contribution in [3.63, 3.8) is 0 Å². The molecule has 2 aromatic rings. The van der Waals surface area contributed by atoms with Crippen LogP contribution in [0.15, 0.2) is 29.4 Å². The minimum Gasteiger partial charge on any atom is -0.341 e. The lowest BCUT2D eigenvalue weighted by molar-refractivity contribution is -0.113. The summed E-state index contributed by atoms with van der Waals surface area (Å²) < 4.78 is 15.1. The van der Waals surface area contributed by atoms with E-state index in [-0.39, 0.29) is 17.5 Å². The summed E-state index contributed by atoms with van der Waals surface area (Å²) in [6.45, 7) is 2.06. The number of benzene rings is 1. The molecule has 0 spiro atoms. The molecule has 6 nitrogen and oxygen atoms in total. The van der Waals surface area contributed by atoms with Crippen LogP contribution in [0.4, 0.5) is 16.0 Å². The number of amides is 1. The summed E-state index contributed by atoms with van der Waals surface area (Å²) in [5, 5.41) is 12.4. The Morgan fingerprint density at radius 1 is 1.15 bits per heavy atom. The Morgan fingerprint density at radius 2 is 1.88 bits per heavy atom. The van der Waals surface area contributed by atoms with E-state index in [0.717, 1.165) is 37.0 Å². The van der Waals surface area contributed by atoms with Gasteiger partial charge < -0.3 is 10.2 Å². The van der Waals surface area contributed by atoms with Crippen molar-refractivity contribution in [2.24, 2.45) is 0 Å². The van der Waals surface area contributed by atoms with Gasteiger partial charge in [-0.05, 0) is 56.4 Å². The fraction of sp³-hybridized carbons (Fsp3) is 0.500. The predicted molar refractivity (Wildman–Crippen MR) is 100 cm³/mol. The van der Waals surface area contributed by atoms with Crippen LogP contribution < -0.4 is 10.2 Å². The van der Waals surface area contributed by atoms with E-state index in [2.05, 4.69) is 25.0 Å². The van der Waals surface area contributed by atoms with Gasteiger partial charge in [0, 0.05) is 24.8 Å². The van der Waals surface area contributed by atoms with E-state index < -0.39 is 0 Å². The number of hydrogen-bond donors (Lipinski definition) is 1. The minimum absolute atomic E-state index is 0.133. The van der Waals surface area contributed by atoms with Crippen LogP contribution in [0.3, 0.4) is 0 Å². The third-order valence-electron chi connectivity index (χ3n) is 4.66. The second-order valence-electron chi connectivity index (χ2n) is 6.78. The van der Waals surface area contributed by atoms with E-state index in [1.807, 2.05) is 0 Å². The van der Waals surface area contributed by atoms with Crippen LogP contribution in [0.25, 0.3) is 0 Å². The zero-order valence-electron chi connectivity index (χ0n) is 14.5. The van der Waals surface area contributed by atoms with Crippen molar-refractivity contribution >= 4 is 29.3 Å². The highest BCUT2D eigenvalue weighted by atomic mass is 32.2. The van der Waals surface area contributed by atoms with Crippen molar-refractivity contribution in [1.82, 2.24) is 14.8 Å². The van der Waals surface area contributed by atoms with Crippen LogP contribution in [-0.2, 0) is 4.79 Å². The first-order valence-electron chi connectivity index (χ1n) is 9.09. The SMILES string of the molecule is O=C(CSc1nnc(N2CCCCC2)n1C1CC1)Nc1ccc(F)cc1. The molecule has 2 heterocycles. The van der Waals surface area contributed by atoms with Gasteiger partial charge in [-0.25, -0.2) is 4.39 Å². The van der Waals surface area contributed by atoms with Gasteiger partial charge in [0.1, 0.15) is 5.82 Å². The van der Waals surface area contributed by atoms with Crippen molar-refractivity contribution in [2.45, 2.75) is 43.3 Å². The van der Waals surface area contributed by atoms with E-state index in [0.29, 0.717) is 11.7 Å². The second-order valence-corrected chi connectivity index (χ2v) is 7.72. The Labute approximate surface area is 156 Å². The summed E-state index contributed by atoms with van der Waals surface area (Å²) >= 11 is 1.41. The first-order valence-corrected chi connectivity index (χ1v) is 10.1. The van der Waals surface area contributed by atoms with Gasteiger partial charge in [0.15, 0.2) is 5.16 Å². The Morgan fingerprint density at radius 3 is 2.58 bits per heavy atom. The quantitative estimate of drug-likeness (QED) is 0.784. The summed E-state index contributed by atoms with van der Waals surface area (Å²) in [5.41, 5.74) is 0.592. The first-order chi connectivity index (χ1) is 12.7. The standard InChI is InChI=1S/C18H22FN5OS/c19-13-4-6-14(7-5-13)20-16(25)12-26-18-22-21-17(24(18)15-8-9-15)23-10-2-1-3-11-23/h4-7,15H,1-3,8-12H2,(H,20,25). The number of rotatable bonds is 6. The fourth-order valence-electron chi connectivity index (χ4n) is 3.19. The summed E-state index contributed by atoms with van der Waals surface area (Å²) in [7, 11) is 0. The van der Waals surface area contributed by atoms with Crippen molar-refractivity contribution in [2.75, 3.05) is 29.1 Å². The summed E-state index contributed by atoms with van der Waals surface area (Å²) in [5.74, 6) is 0.752. The third-order valence-corrected chi connectivity index (χ3v) is 5.60. The number of piperidine rings is 1. The predicted octanol–water partition coefficient (Wildman–Crippen LogP) is 3.47. The van der Waals surface area contributed by atoms with E-state index in [9.17, 15) is 9.18 Å². The molecule has 1 aromatic heterocycles. The molecule has 4 rings (SSSR count). The summed E-state index contributed by atoms with van der Waals surface area (Å²) in [4.78, 5) is 14.5. The number of carbonyl (C=O) groups excluding carboxylic acids is 1. The molecule has 0 bridgehead atoms. The number of nitrogens with one attached hydrogen (secondary N) is 1. The highest BCUT2D eigenvalue weighted by Gasteiger charge is 2.32. The lowest BCUT2D eigenvalue weighted by Crippen LogP contribution is -2.32. The molecular weight excluding hydrogens is 353 g/mol. The Kier molecular flexibility index (Phi) is 5.10. The molecule has 1 aliphatic carbocycles. The van der Waals surface area contributed by atoms with Crippen molar-refractivity contribution < 1.29 is 9.18 Å². The van der Waals surface area contributed by atoms with Gasteiger partial charge in [-0.3, -0.25) is 9.36 Å². The van der Waals surface area contributed by atoms with Crippen LogP contribution in [-0.4, -0.2) is 39.5 Å². The number of hydrogen-bond acceptors (Lipinski definition) is 5. The molecule has 26 heavy (non-hydrogen) atoms. The first kappa shape index (κ1) is 17.3. The Hall–Kier alpha value is -2.09. The highest BCUT2D eigenvalue weighted by molar-refractivity contribution is 7.99. The zero-order chi connectivity index (χ0) is 17.9. The largest absolute Gasteiger partial charge is 0.341 e. The monoisotopic (exact) mass is 375 g/mol. The average molecular weight is 375 g/mol. The molecule has 1 aromatic carbocycles. The Bertz CT molecular complexity index is 768. The second kappa shape index (κ2) is 7.65.